The molecule has 158 valence electrons. The molecule has 1 fully saturated rings. The lowest BCUT2D eigenvalue weighted by atomic mass is 9.90. The van der Waals surface area contributed by atoms with Gasteiger partial charge in [-0.2, -0.15) is 26.3 Å². The third kappa shape index (κ3) is 5.65. The van der Waals surface area contributed by atoms with Gasteiger partial charge >= 0.3 is 12.4 Å². The zero-order valence-corrected chi connectivity index (χ0v) is 15.8. The summed E-state index contributed by atoms with van der Waals surface area (Å²) in [7, 11) is 0. The summed E-state index contributed by atoms with van der Waals surface area (Å²) in [5, 5.41) is 3.32. The van der Waals surface area contributed by atoms with Gasteiger partial charge in [-0.3, -0.25) is 0 Å². The van der Waals surface area contributed by atoms with Gasteiger partial charge < -0.3 is 10.1 Å². The van der Waals surface area contributed by atoms with Crippen molar-refractivity contribution in [2.75, 3.05) is 13.1 Å². The van der Waals surface area contributed by atoms with E-state index in [0.29, 0.717) is 23.8 Å². The van der Waals surface area contributed by atoms with Gasteiger partial charge in [-0.05, 0) is 79.3 Å². The molecule has 0 aliphatic carbocycles. The number of nitrogens with one attached hydrogen (secondary N) is 1. The molecule has 2 aromatic carbocycles. The maximum Gasteiger partial charge on any atom is 0.416 e. The van der Waals surface area contributed by atoms with Crippen LogP contribution in [0.5, 0.6) is 5.75 Å². The molecule has 2 nitrogen and oxygen atoms in total. The van der Waals surface area contributed by atoms with Crippen LogP contribution in [0.3, 0.4) is 0 Å². The van der Waals surface area contributed by atoms with Crippen molar-refractivity contribution in [2.24, 2.45) is 0 Å². The molecule has 3 rings (SSSR count). The van der Waals surface area contributed by atoms with E-state index in [1.54, 1.807) is 6.07 Å². The van der Waals surface area contributed by atoms with Gasteiger partial charge in [-0.15, -0.1) is 0 Å². The first-order chi connectivity index (χ1) is 13.5. The second kappa shape index (κ2) is 8.26. The number of halogens is 6. The van der Waals surface area contributed by atoms with Crippen molar-refractivity contribution < 1.29 is 31.1 Å². The van der Waals surface area contributed by atoms with Crippen LogP contribution in [0.25, 0.3) is 0 Å². The van der Waals surface area contributed by atoms with Crippen molar-refractivity contribution in [2.45, 2.75) is 44.6 Å². The van der Waals surface area contributed by atoms with Crippen molar-refractivity contribution >= 4 is 0 Å². The number of benzene rings is 2. The molecule has 0 saturated carbocycles. The fraction of sp³-hybridized carbons (Fsp3) is 0.429. The Hall–Kier alpha value is -2.22. The molecule has 0 spiro atoms. The van der Waals surface area contributed by atoms with Crippen LogP contribution in [0.2, 0.25) is 0 Å². The Labute approximate surface area is 164 Å². The minimum atomic E-state index is -4.87. The predicted molar refractivity (Wildman–Crippen MR) is 96.8 cm³/mol. The first-order valence-corrected chi connectivity index (χ1v) is 9.26. The quantitative estimate of drug-likeness (QED) is 0.609. The van der Waals surface area contributed by atoms with E-state index in [0.717, 1.165) is 37.1 Å². The van der Waals surface area contributed by atoms with E-state index in [9.17, 15) is 26.3 Å². The molecule has 1 unspecified atom stereocenters. The van der Waals surface area contributed by atoms with E-state index in [4.69, 9.17) is 4.74 Å². The van der Waals surface area contributed by atoms with Gasteiger partial charge in [0.15, 0.2) is 0 Å². The highest BCUT2D eigenvalue weighted by Crippen LogP contribution is 2.36. The molecule has 0 amide bonds. The van der Waals surface area contributed by atoms with Gasteiger partial charge in [0.1, 0.15) is 12.4 Å². The van der Waals surface area contributed by atoms with Crippen molar-refractivity contribution in [1.82, 2.24) is 5.32 Å². The highest BCUT2D eigenvalue weighted by molar-refractivity contribution is 5.37. The summed E-state index contributed by atoms with van der Waals surface area (Å²) >= 11 is 0. The Morgan fingerprint density at radius 1 is 0.931 bits per heavy atom. The molecule has 0 aromatic heterocycles. The van der Waals surface area contributed by atoms with Crippen LogP contribution in [-0.2, 0) is 19.0 Å². The normalized spacial score (nSPS) is 18.0. The SMILES string of the molecule is Cc1cc(OCc2cc(C(F)(F)F)cc(C(F)(F)F)c2)cc(C2CCCNC2)c1. The van der Waals surface area contributed by atoms with Crippen LogP contribution < -0.4 is 10.1 Å². The zero-order valence-electron chi connectivity index (χ0n) is 15.8. The van der Waals surface area contributed by atoms with Gasteiger partial charge in [0.2, 0.25) is 0 Å². The lowest BCUT2D eigenvalue weighted by Gasteiger charge is -2.24. The standard InChI is InChI=1S/C21H21F6NO/c1-13-5-16(15-3-2-4-28-11-15)9-19(6-13)29-12-14-7-17(20(22,23)24)10-18(8-14)21(25,26)27/h5-10,15,28H,2-4,11-12H2,1H3. The molecule has 0 bridgehead atoms. The molecular formula is C21H21F6NO. The third-order valence-corrected chi connectivity index (χ3v) is 4.89. The summed E-state index contributed by atoms with van der Waals surface area (Å²) in [4.78, 5) is 0. The number of ether oxygens (including phenoxy) is 1. The van der Waals surface area contributed by atoms with Gasteiger partial charge in [0.05, 0.1) is 11.1 Å². The summed E-state index contributed by atoms with van der Waals surface area (Å²) in [6, 6.07) is 7.05. The molecule has 2 aromatic rings. The van der Waals surface area contributed by atoms with Crippen molar-refractivity contribution in [3.8, 4) is 5.75 Å². The minimum Gasteiger partial charge on any atom is -0.489 e. The molecule has 1 heterocycles. The van der Waals surface area contributed by atoms with E-state index >= 15 is 0 Å². The summed E-state index contributed by atoms with van der Waals surface area (Å²) in [6.07, 6.45) is -7.70. The van der Waals surface area contributed by atoms with E-state index in [2.05, 4.69) is 5.32 Å². The van der Waals surface area contributed by atoms with E-state index in [-0.39, 0.29) is 11.6 Å². The molecule has 0 radical (unpaired) electrons. The van der Waals surface area contributed by atoms with Gasteiger partial charge in [0.25, 0.3) is 0 Å². The number of hydrogen-bond donors (Lipinski definition) is 1. The molecule has 1 aliphatic rings. The average molecular weight is 417 g/mol. The van der Waals surface area contributed by atoms with Crippen LogP contribution >= 0.6 is 0 Å². The van der Waals surface area contributed by atoms with Gasteiger partial charge in [0, 0.05) is 6.54 Å². The molecule has 1 N–H and O–H groups in total. The van der Waals surface area contributed by atoms with Gasteiger partial charge in [-0.1, -0.05) is 6.07 Å². The smallest absolute Gasteiger partial charge is 0.416 e. The summed E-state index contributed by atoms with van der Waals surface area (Å²) < 4.78 is 83.6. The Bertz CT molecular complexity index is 821. The second-order valence-electron chi connectivity index (χ2n) is 7.33. The van der Waals surface area contributed by atoms with E-state index in [1.165, 1.54) is 0 Å². The number of alkyl halides is 6. The maximum absolute atomic E-state index is 13.0. The highest BCUT2D eigenvalue weighted by Gasteiger charge is 2.36. The zero-order chi connectivity index (χ0) is 21.2. The Balaban J connectivity index is 1.83. The van der Waals surface area contributed by atoms with Crippen molar-refractivity contribution in [3.63, 3.8) is 0 Å². The van der Waals surface area contributed by atoms with Crippen LogP contribution in [0, 0.1) is 6.92 Å². The van der Waals surface area contributed by atoms with Crippen molar-refractivity contribution in [1.29, 1.82) is 0 Å². The highest BCUT2D eigenvalue weighted by atomic mass is 19.4. The first-order valence-electron chi connectivity index (χ1n) is 9.26. The fourth-order valence-electron chi connectivity index (χ4n) is 3.50. The Morgan fingerprint density at radius 3 is 2.14 bits per heavy atom. The molecule has 8 heteroatoms. The van der Waals surface area contributed by atoms with Gasteiger partial charge in [-0.25, -0.2) is 0 Å². The third-order valence-electron chi connectivity index (χ3n) is 4.89. The number of piperidine rings is 1. The molecular weight excluding hydrogens is 396 g/mol. The minimum absolute atomic E-state index is 0.115. The number of rotatable bonds is 4. The Morgan fingerprint density at radius 2 is 1.59 bits per heavy atom. The van der Waals surface area contributed by atoms with Crippen LogP contribution in [0.4, 0.5) is 26.3 Å². The lowest BCUT2D eigenvalue weighted by molar-refractivity contribution is -0.143. The molecule has 1 aliphatic heterocycles. The predicted octanol–water partition coefficient (Wildman–Crippen LogP) is 6.08. The summed E-state index contributed by atoms with van der Waals surface area (Å²) in [6.45, 7) is 3.27. The molecule has 29 heavy (non-hydrogen) atoms. The topological polar surface area (TPSA) is 21.3 Å². The lowest BCUT2D eigenvalue weighted by Crippen LogP contribution is -2.28. The first kappa shape index (κ1) is 21.5. The Kier molecular flexibility index (Phi) is 6.12. The van der Waals surface area contributed by atoms with E-state index in [1.807, 2.05) is 19.1 Å². The summed E-state index contributed by atoms with van der Waals surface area (Å²) in [5.74, 6) is 0.730. The average Bonchev–Trinajstić information content (AvgIpc) is 2.65. The fourth-order valence-corrected chi connectivity index (χ4v) is 3.50. The monoisotopic (exact) mass is 417 g/mol. The largest absolute Gasteiger partial charge is 0.489 e. The second-order valence-corrected chi connectivity index (χ2v) is 7.33. The van der Waals surface area contributed by atoms with Crippen molar-refractivity contribution in [3.05, 3.63) is 64.2 Å². The number of aryl methyl sites for hydroxylation is 1. The summed E-state index contributed by atoms with van der Waals surface area (Å²) in [5.41, 5.74) is -0.905. The van der Waals surface area contributed by atoms with Crippen LogP contribution in [0.15, 0.2) is 36.4 Å². The molecule has 1 saturated heterocycles. The van der Waals surface area contributed by atoms with Crippen LogP contribution in [0.1, 0.15) is 46.6 Å². The molecule has 1 atom stereocenters. The van der Waals surface area contributed by atoms with E-state index < -0.39 is 30.1 Å². The maximum atomic E-state index is 13.0. The van der Waals surface area contributed by atoms with Crippen LogP contribution in [-0.4, -0.2) is 13.1 Å². The number of hydrogen-bond acceptors (Lipinski definition) is 2.